The molecule has 0 aromatic carbocycles. The van der Waals surface area contributed by atoms with Crippen LogP contribution in [0.5, 0.6) is 0 Å². The van der Waals surface area contributed by atoms with E-state index in [4.69, 9.17) is 0 Å². The molecule has 0 bridgehead atoms. The number of carbonyl (C=O) groups is 1. The van der Waals surface area contributed by atoms with Gasteiger partial charge in [-0.3, -0.25) is 9.69 Å². The molecule has 0 aliphatic carbocycles. The van der Waals surface area contributed by atoms with Gasteiger partial charge in [-0.2, -0.15) is 0 Å². The Morgan fingerprint density at radius 3 is 2.76 bits per heavy atom. The molecule has 0 radical (unpaired) electrons. The van der Waals surface area contributed by atoms with Gasteiger partial charge in [0.2, 0.25) is 5.91 Å². The molecule has 0 saturated carbocycles. The van der Waals surface area contributed by atoms with Crippen LogP contribution in [-0.2, 0) is 4.79 Å². The van der Waals surface area contributed by atoms with Crippen LogP contribution in [0.3, 0.4) is 0 Å². The van der Waals surface area contributed by atoms with Crippen molar-refractivity contribution in [1.29, 1.82) is 0 Å². The minimum atomic E-state index is -0.0945. The van der Waals surface area contributed by atoms with E-state index in [0.29, 0.717) is 12.6 Å². The molecule has 1 atom stereocenters. The van der Waals surface area contributed by atoms with Crippen molar-refractivity contribution in [2.24, 2.45) is 0 Å². The highest BCUT2D eigenvalue weighted by molar-refractivity contribution is 5.78. The smallest absolute Gasteiger partial charge is 0.234 e. The maximum atomic E-state index is 11.9. The van der Waals surface area contributed by atoms with Gasteiger partial charge >= 0.3 is 0 Å². The number of likely N-dealkylation sites (N-methyl/N-ethyl adjacent to an activating group) is 1. The molecule has 0 aromatic heterocycles. The predicted octanol–water partition coefficient (Wildman–Crippen LogP) is 0.975. The van der Waals surface area contributed by atoms with Gasteiger partial charge < -0.3 is 10.6 Å². The van der Waals surface area contributed by atoms with Crippen molar-refractivity contribution in [3.63, 3.8) is 0 Å². The van der Waals surface area contributed by atoms with Crippen molar-refractivity contribution in [3.05, 3.63) is 0 Å². The fourth-order valence-electron chi connectivity index (χ4n) is 2.07. The van der Waals surface area contributed by atoms with Crippen molar-refractivity contribution >= 4 is 5.91 Å². The van der Waals surface area contributed by atoms with Crippen LogP contribution in [0.1, 0.15) is 40.0 Å². The quantitative estimate of drug-likeness (QED) is 0.754. The van der Waals surface area contributed by atoms with Crippen molar-refractivity contribution in [3.8, 4) is 0 Å². The first-order valence-electron chi connectivity index (χ1n) is 6.66. The van der Waals surface area contributed by atoms with E-state index in [1.807, 2.05) is 7.05 Å². The second kappa shape index (κ2) is 6.36. The summed E-state index contributed by atoms with van der Waals surface area (Å²) in [7, 11) is 2.04. The molecule has 1 saturated heterocycles. The van der Waals surface area contributed by atoms with E-state index < -0.39 is 0 Å². The Kier molecular flexibility index (Phi) is 5.40. The van der Waals surface area contributed by atoms with Crippen LogP contribution < -0.4 is 10.6 Å². The minimum absolute atomic E-state index is 0.0945. The summed E-state index contributed by atoms with van der Waals surface area (Å²) in [5.41, 5.74) is -0.0945. The fourth-order valence-corrected chi connectivity index (χ4v) is 2.07. The standard InChI is InChI=1S/C13H27N3O/c1-5-13(2,3)15-12(17)10-16(4)11-7-6-8-14-9-11/h11,14H,5-10H2,1-4H3,(H,15,17). The summed E-state index contributed by atoms with van der Waals surface area (Å²) >= 11 is 0. The molecule has 17 heavy (non-hydrogen) atoms. The molecule has 1 aliphatic rings. The molecular weight excluding hydrogens is 214 g/mol. The first kappa shape index (κ1) is 14.5. The average molecular weight is 241 g/mol. The first-order valence-corrected chi connectivity index (χ1v) is 6.66. The third-order valence-corrected chi connectivity index (χ3v) is 3.65. The Hall–Kier alpha value is -0.610. The van der Waals surface area contributed by atoms with Gasteiger partial charge in [0.25, 0.3) is 0 Å². The molecule has 1 aliphatic heterocycles. The summed E-state index contributed by atoms with van der Waals surface area (Å²) in [4.78, 5) is 14.1. The molecule has 0 spiro atoms. The lowest BCUT2D eigenvalue weighted by Gasteiger charge is -2.32. The Labute approximate surface area is 105 Å². The third-order valence-electron chi connectivity index (χ3n) is 3.65. The van der Waals surface area contributed by atoms with Crippen molar-refractivity contribution in [1.82, 2.24) is 15.5 Å². The van der Waals surface area contributed by atoms with E-state index in [1.54, 1.807) is 0 Å². The molecule has 4 nitrogen and oxygen atoms in total. The zero-order valence-corrected chi connectivity index (χ0v) is 11.7. The van der Waals surface area contributed by atoms with Crippen LogP contribution in [-0.4, -0.2) is 49.1 Å². The molecule has 0 aromatic rings. The van der Waals surface area contributed by atoms with Gasteiger partial charge in [-0.05, 0) is 46.7 Å². The Morgan fingerprint density at radius 2 is 2.24 bits per heavy atom. The highest BCUT2D eigenvalue weighted by atomic mass is 16.2. The van der Waals surface area contributed by atoms with Gasteiger partial charge in [0.05, 0.1) is 6.54 Å². The van der Waals surface area contributed by atoms with E-state index in [0.717, 1.165) is 19.5 Å². The van der Waals surface area contributed by atoms with E-state index >= 15 is 0 Å². The monoisotopic (exact) mass is 241 g/mol. The van der Waals surface area contributed by atoms with Gasteiger partial charge in [0.1, 0.15) is 0 Å². The number of hydrogen-bond acceptors (Lipinski definition) is 3. The Balaban J connectivity index is 2.34. The molecule has 1 rings (SSSR count). The number of hydrogen-bond donors (Lipinski definition) is 2. The number of nitrogens with one attached hydrogen (secondary N) is 2. The van der Waals surface area contributed by atoms with Crippen LogP contribution in [0.4, 0.5) is 0 Å². The summed E-state index contributed by atoms with van der Waals surface area (Å²) in [6.07, 6.45) is 3.35. The number of carbonyl (C=O) groups excluding carboxylic acids is 1. The van der Waals surface area contributed by atoms with Crippen LogP contribution in [0.2, 0.25) is 0 Å². The second-order valence-electron chi connectivity index (χ2n) is 5.70. The first-order chi connectivity index (χ1) is 7.94. The van der Waals surface area contributed by atoms with E-state index in [-0.39, 0.29) is 11.4 Å². The topological polar surface area (TPSA) is 44.4 Å². The molecule has 100 valence electrons. The summed E-state index contributed by atoms with van der Waals surface area (Å²) in [6.45, 7) is 8.82. The zero-order chi connectivity index (χ0) is 12.9. The molecule has 4 heteroatoms. The molecule has 1 amide bonds. The zero-order valence-electron chi connectivity index (χ0n) is 11.7. The maximum Gasteiger partial charge on any atom is 0.234 e. The number of amides is 1. The van der Waals surface area contributed by atoms with Crippen molar-refractivity contribution in [2.75, 3.05) is 26.7 Å². The van der Waals surface area contributed by atoms with E-state index in [9.17, 15) is 4.79 Å². The summed E-state index contributed by atoms with van der Waals surface area (Å²) in [5, 5.41) is 6.45. The highest BCUT2D eigenvalue weighted by Gasteiger charge is 2.22. The van der Waals surface area contributed by atoms with E-state index in [2.05, 4.69) is 36.3 Å². The van der Waals surface area contributed by atoms with Gasteiger partial charge in [0, 0.05) is 18.1 Å². The molecule has 2 N–H and O–H groups in total. The predicted molar refractivity (Wildman–Crippen MR) is 71.0 cm³/mol. The SMILES string of the molecule is CCC(C)(C)NC(=O)CN(C)C1CCCNC1. The molecule has 1 fully saturated rings. The van der Waals surface area contributed by atoms with Crippen molar-refractivity contribution < 1.29 is 4.79 Å². The minimum Gasteiger partial charge on any atom is -0.350 e. The molecule has 1 unspecified atom stereocenters. The average Bonchev–Trinajstić information content (AvgIpc) is 2.29. The maximum absolute atomic E-state index is 11.9. The van der Waals surface area contributed by atoms with Gasteiger partial charge in [-0.1, -0.05) is 6.92 Å². The third kappa shape index (κ3) is 5.04. The lowest BCUT2D eigenvalue weighted by Crippen LogP contribution is -2.51. The van der Waals surface area contributed by atoms with E-state index in [1.165, 1.54) is 12.8 Å². The fraction of sp³-hybridized carbons (Fsp3) is 0.923. The number of nitrogens with zero attached hydrogens (tertiary/aromatic N) is 1. The van der Waals surface area contributed by atoms with Crippen LogP contribution >= 0.6 is 0 Å². The highest BCUT2D eigenvalue weighted by Crippen LogP contribution is 2.09. The van der Waals surface area contributed by atoms with Gasteiger partial charge in [-0.25, -0.2) is 0 Å². The summed E-state index contributed by atoms with van der Waals surface area (Å²) in [6, 6.07) is 0.499. The lowest BCUT2D eigenvalue weighted by atomic mass is 10.0. The van der Waals surface area contributed by atoms with Gasteiger partial charge in [0.15, 0.2) is 0 Å². The molecular formula is C13H27N3O. The van der Waals surface area contributed by atoms with Gasteiger partial charge in [-0.15, -0.1) is 0 Å². The van der Waals surface area contributed by atoms with Crippen LogP contribution in [0, 0.1) is 0 Å². The van der Waals surface area contributed by atoms with Crippen molar-refractivity contribution in [2.45, 2.75) is 51.6 Å². The Morgan fingerprint density at radius 1 is 1.53 bits per heavy atom. The normalized spacial score (nSPS) is 21.6. The molecule has 1 heterocycles. The lowest BCUT2D eigenvalue weighted by molar-refractivity contribution is -0.124. The largest absolute Gasteiger partial charge is 0.350 e. The second-order valence-corrected chi connectivity index (χ2v) is 5.70. The summed E-state index contributed by atoms with van der Waals surface area (Å²) < 4.78 is 0. The Bertz CT molecular complexity index is 247. The number of rotatable bonds is 5. The summed E-state index contributed by atoms with van der Waals surface area (Å²) in [5.74, 6) is 0.130. The number of piperidine rings is 1. The van der Waals surface area contributed by atoms with Crippen LogP contribution in [0.15, 0.2) is 0 Å². The van der Waals surface area contributed by atoms with Crippen LogP contribution in [0.25, 0.3) is 0 Å².